The van der Waals surface area contributed by atoms with Gasteiger partial charge >= 0.3 is 0 Å². The zero-order chi connectivity index (χ0) is 28.3. The number of amides is 2. The number of aromatic hydroxyl groups is 1. The summed E-state index contributed by atoms with van der Waals surface area (Å²) in [6.07, 6.45) is 3.61. The molecule has 1 aliphatic heterocycles. The molecule has 1 N–H and O–H groups in total. The van der Waals surface area contributed by atoms with E-state index < -0.39 is 23.7 Å². The second-order valence-electron chi connectivity index (χ2n) is 10.4. The maximum Gasteiger partial charge on any atom is 0.234 e. The van der Waals surface area contributed by atoms with Gasteiger partial charge in [-0.2, -0.15) is 0 Å². The second kappa shape index (κ2) is 9.89. The molecule has 9 heteroatoms. The van der Waals surface area contributed by atoms with Crippen LogP contribution >= 0.6 is 15.9 Å². The number of fused-ring (bicyclic) bond motifs is 3. The number of carbonyl (C=O) groups is 4. The SMILES string of the molecule is COc1cc(O)c(C2C3=CCC4C(=O)N(Cc5ccccc5)C(=O)C4C3CC3=C2C(=O)C=C(Br)C3=O)c(OC)c1. The maximum atomic E-state index is 13.9. The van der Waals surface area contributed by atoms with Gasteiger partial charge < -0.3 is 14.6 Å². The van der Waals surface area contributed by atoms with E-state index in [0.717, 1.165) is 11.1 Å². The average Bonchev–Trinajstić information content (AvgIpc) is 3.20. The highest BCUT2D eigenvalue weighted by Gasteiger charge is 2.56. The first-order valence-electron chi connectivity index (χ1n) is 13.0. The van der Waals surface area contributed by atoms with Crippen LogP contribution in [0.5, 0.6) is 17.2 Å². The maximum absolute atomic E-state index is 13.9. The van der Waals surface area contributed by atoms with Crippen molar-refractivity contribution in [3.8, 4) is 17.2 Å². The molecule has 8 nitrogen and oxygen atoms in total. The molecule has 0 bridgehead atoms. The van der Waals surface area contributed by atoms with Crippen molar-refractivity contribution in [2.24, 2.45) is 17.8 Å². The zero-order valence-corrected chi connectivity index (χ0v) is 23.4. The minimum absolute atomic E-state index is 0.139. The first-order chi connectivity index (χ1) is 19.2. The molecular weight excluding hydrogens is 578 g/mol. The van der Waals surface area contributed by atoms with E-state index in [9.17, 15) is 24.3 Å². The summed E-state index contributed by atoms with van der Waals surface area (Å²) in [6.45, 7) is 0.170. The molecule has 0 aromatic heterocycles. The molecule has 0 radical (unpaired) electrons. The second-order valence-corrected chi connectivity index (χ2v) is 11.3. The van der Waals surface area contributed by atoms with E-state index in [1.807, 2.05) is 36.4 Å². The van der Waals surface area contributed by atoms with Gasteiger partial charge in [0.25, 0.3) is 0 Å². The summed E-state index contributed by atoms with van der Waals surface area (Å²) in [7, 11) is 2.91. The Bertz CT molecular complexity index is 1570. The summed E-state index contributed by atoms with van der Waals surface area (Å²) in [5.74, 6) is -3.34. The number of likely N-dealkylation sites (tertiary alicyclic amines) is 1. The Labute approximate surface area is 239 Å². The van der Waals surface area contributed by atoms with Gasteiger partial charge in [0.15, 0.2) is 11.6 Å². The van der Waals surface area contributed by atoms with Gasteiger partial charge in [0.1, 0.15) is 17.2 Å². The van der Waals surface area contributed by atoms with Gasteiger partial charge in [-0.05, 0) is 40.3 Å². The standard InChI is InChI=1S/C31H26BrNO7/c1-39-16-10-22(34)28(24(11-16)40-2)27-17-8-9-18-25(19(17)12-20-26(27)23(35)13-21(32)29(20)36)31(38)33(30(18)37)14-15-6-4-3-5-7-15/h3-8,10-11,13,18-19,25,27,34H,9,12,14H2,1-2H3. The van der Waals surface area contributed by atoms with Crippen LogP contribution in [0.2, 0.25) is 0 Å². The molecule has 0 spiro atoms. The number of Topliss-reactive ketones (excluding diaryl/α,β-unsaturated/α-hetero) is 1. The van der Waals surface area contributed by atoms with Gasteiger partial charge in [-0.3, -0.25) is 24.1 Å². The lowest BCUT2D eigenvalue weighted by Crippen LogP contribution is -2.39. The third kappa shape index (κ3) is 3.94. The largest absolute Gasteiger partial charge is 0.507 e. The first-order valence-corrected chi connectivity index (χ1v) is 13.8. The Morgan fingerprint density at radius 2 is 1.75 bits per heavy atom. The summed E-state index contributed by atoms with van der Waals surface area (Å²) in [6, 6.07) is 12.4. The van der Waals surface area contributed by atoms with Crippen LogP contribution < -0.4 is 9.47 Å². The zero-order valence-electron chi connectivity index (χ0n) is 21.8. The lowest BCUT2D eigenvalue weighted by atomic mass is 9.59. The molecule has 6 rings (SSSR count). The van der Waals surface area contributed by atoms with Crippen molar-refractivity contribution >= 4 is 39.3 Å². The highest BCUT2D eigenvalue weighted by atomic mass is 79.9. The Morgan fingerprint density at radius 3 is 2.45 bits per heavy atom. The first kappa shape index (κ1) is 26.3. The lowest BCUT2D eigenvalue weighted by Gasteiger charge is -2.42. The molecule has 1 heterocycles. The summed E-state index contributed by atoms with van der Waals surface area (Å²) in [5.41, 5.74) is 2.43. The molecule has 2 amide bonds. The molecule has 1 fully saturated rings. The van der Waals surface area contributed by atoms with Crippen molar-refractivity contribution in [1.82, 2.24) is 4.90 Å². The van der Waals surface area contributed by atoms with E-state index in [4.69, 9.17) is 9.47 Å². The van der Waals surface area contributed by atoms with E-state index in [2.05, 4.69) is 15.9 Å². The Balaban J connectivity index is 1.49. The predicted octanol–water partition coefficient (Wildman–Crippen LogP) is 4.37. The van der Waals surface area contributed by atoms with Crippen LogP contribution in [0.1, 0.15) is 29.9 Å². The molecule has 2 aromatic rings. The van der Waals surface area contributed by atoms with Gasteiger partial charge in [-0.15, -0.1) is 0 Å². The summed E-state index contributed by atoms with van der Waals surface area (Å²) >= 11 is 3.23. The Hall–Kier alpha value is -3.98. The number of ketones is 2. The minimum Gasteiger partial charge on any atom is -0.507 e. The molecule has 4 aliphatic rings. The molecule has 4 unspecified atom stereocenters. The summed E-state index contributed by atoms with van der Waals surface area (Å²) in [5, 5.41) is 11.2. The quantitative estimate of drug-likeness (QED) is 0.307. The van der Waals surface area contributed by atoms with Gasteiger partial charge in [0, 0.05) is 40.8 Å². The number of carbonyl (C=O) groups excluding carboxylic acids is 4. The van der Waals surface area contributed by atoms with Crippen LogP contribution in [0, 0.1) is 17.8 Å². The van der Waals surface area contributed by atoms with Crippen LogP contribution in [0.25, 0.3) is 0 Å². The van der Waals surface area contributed by atoms with Gasteiger partial charge in [0.05, 0.1) is 37.1 Å². The fourth-order valence-electron chi connectivity index (χ4n) is 6.69. The van der Waals surface area contributed by atoms with Crippen molar-refractivity contribution in [1.29, 1.82) is 0 Å². The van der Waals surface area contributed by atoms with Crippen LogP contribution in [-0.2, 0) is 25.7 Å². The van der Waals surface area contributed by atoms with Crippen molar-refractivity contribution in [3.05, 3.63) is 86.9 Å². The fraction of sp³-hybridized carbons (Fsp3) is 0.290. The summed E-state index contributed by atoms with van der Waals surface area (Å²) < 4.78 is 11.1. The molecule has 4 atom stereocenters. The average molecular weight is 604 g/mol. The number of phenolic OH excluding ortho intramolecular Hbond substituents is 1. The van der Waals surface area contributed by atoms with Crippen molar-refractivity contribution in [2.75, 3.05) is 14.2 Å². The predicted molar refractivity (Wildman–Crippen MR) is 148 cm³/mol. The number of rotatable bonds is 5. The highest BCUT2D eigenvalue weighted by Crippen LogP contribution is 2.58. The molecule has 40 heavy (non-hydrogen) atoms. The minimum atomic E-state index is -0.838. The van der Waals surface area contributed by atoms with E-state index in [-0.39, 0.29) is 63.5 Å². The van der Waals surface area contributed by atoms with Crippen molar-refractivity contribution in [2.45, 2.75) is 25.3 Å². The van der Waals surface area contributed by atoms with Crippen molar-refractivity contribution in [3.63, 3.8) is 0 Å². The number of phenols is 1. The molecule has 3 aliphatic carbocycles. The van der Waals surface area contributed by atoms with Crippen LogP contribution in [-0.4, -0.2) is 47.6 Å². The van der Waals surface area contributed by atoms with Crippen LogP contribution in [0.4, 0.5) is 0 Å². The number of allylic oxidation sites excluding steroid dienone is 6. The van der Waals surface area contributed by atoms with Crippen LogP contribution in [0.15, 0.2) is 75.8 Å². The highest BCUT2D eigenvalue weighted by molar-refractivity contribution is 9.12. The number of methoxy groups -OCH3 is 2. The molecule has 1 saturated heterocycles. The molecule has 2 aromatic carbocycles. The molecule has 0 saturated carbocycles. The summed E-state index contributed by atoms with van der Waals surface area (Å²) in [4.78, 5) is 55.6. The van der Waals surface area contributed by atoms with Gasteiger partial charge in [0.2, 0.25) is 11.8 Å². The van der Waals surface area contributed by atoms with Crippen LogP contribution in [0.3, 0.4) is 0 Å². The number of ether oxygens (including phenoxy) is 2. The monoisotopic (exact) mass is 603 g/mol. The van der Waals surface area contributed by atoms with E-state index >= 15 is 0 Å². The van der Waals surface area contributed by atoms with E-state index in [1.165, 1.54) is 31.3 Å². The van der Waals surface area contributed by atoms with Gasteiger partial charge in [-0.25, -0.2) is 0 Å². The number of hydrogen-bond donors (Lipinski definition) is 1. The number of halogens is 1. The van der Waals surface area contributed by atoms with E-state index in [1.54, 1.807) is 6.07 Å². The lowest BCUT2D eigenvalue weighted by molar-refractivity contribution is -0.140. The number of hydrogen-bond acceptors (Lipinski definition) is 7. The Kier molecular flexibility index (Phi) is 6.49. The number of benzene rings is 2. The number of nitrogens with zero attached hydrogens (tertiary/aromatic N) is 1. The third-order valence-electron chi connectivity index (χ3n) is 8.44. The smallest absolute Gasteiger partial charge is 0.234 e. The fourth-order valence-corrected chi connectivity index (χ4v) is 7.14. The number of imide groups is 1. The topological polar surface area (TPSA) is 110 Å². The molecular formula is C31H26BrNO7. The Morgan fingerprint density at radius 1 is 1.00 bits per heavy atom. The molecule has 204 valence electrons. The third-order valence-corrected chi connectivity index (χ3v) is 9.03. The van der Waals surface area contributed by atoms with Crippen molar-refractivity contribution < 1.29 is 33.8 Å². The van der Waals surface area contributed by atoms with Gasteiger partial charge in [-0.1, -0.05) is 42.0 Å². The van der Waals surface area contributed by atoms with E-state index in [0.29, 0.717) is 17.7 Å². The normalized spacial score (nSPS) is 25.7.